The second kappa shape index (κ2) is 6.01. The van der Waals surface area contributed by atoms with Crippen LogP contribution in [0.4, 0.5) is 10.1 Å². The van der Waals surface area contributed by atoms with Crippen LogP contribution < -0.4 is 4.74 Å². The fourth-order valence-electron chi connectivity index (χ4n) is 1.79. The molecule has 0 aliphatic rings. The van der Waals surface area contributed by atoms with Gasteiger partial charge in [-0.05, 0) is 30.7 Å². The van der Waals surface area contributed by atoms with Crippen molar-refractivity contribution in [3.05, 3.63) is 69.0 Å². The lowest BCUT2D eigenvalue weighted by Crippen LogP contribution is -2.00. The lowest BCUT2D eigenvalue weighted by atomic mass is 10.1. The maximum Gasteiger partial charge on any atom is 0.275 e. The molecular weight excluding hydrogens is 275 g/mol. The first kappa shape index (κ1) is 14.5. The summed E-state index contributed by atoms with van der Waals surface area (Å²) in [4.78, 5) is 10.1. The molecule has 0 bridgehead atoms. The molecule has 0 N–H and O–H groups in total. The average molecular weight is 286 g/mol. The van der Waals surface area contributed by atoms with Gasteiger partial charge in [-0.15, -0.1) is 0 Å². The number of hydrogen-bond acceptors (Lipinski definition) is 4. The summed E-state index contributed by atoms with van der Waals surface area (Å²) in [5, 5.41) is 19.4. The van der Waals surface area contributed by atoms with Gasteiger partial charge in [0.1, 0.15) is 6.61 Å². The largest absolute Gasteiger partial charge is 0.486 e. The highest BCUT2D eigenvalue weighted by Crippen LogP contribution is 2.27. The first-order valence-electron chi connectivity index (χ1n) is 6.07. The molecule has 0 aliphatic heterocycles. The van der Waals surface area contributed by atoms with Gasteiger partial charge >= 0.3 is 0 Å². The van der Waals surface area contributed by atoms with Gasteiger partial charge in [-0.3, -0.25) is 10.1 Å². The van der Waals surface area contributed by atoms with E-state index in [2.05, 4.69) is 0 Å². The van der Waals surface area contributed by atoms with Crippen LogP contribution in [0.15, 0.2) is 36.4 Å². The third-order valence-electron chi connectivity index (χ3n) is 2.92. The highest BCUT2D eigenvalue weighted by atomic mass is 19.1. The smallest absolute Gasteiger partial charge is 0.275 e. The van der Waals surface area contributed by atoms with Crippen molar-refractivity contribution in [3.63, 3.8) is 0 Å². The predicted octanol–water partition coefficient (Wildman–Crippen LogP) is 3.49. The van der Waals surface area contributed by atoms with E-state index in [-0.39, 0.29) is 18.0 Å². The molecule has 6 heteroatoms. The van der Waals surface area contributed by atoms with E-state index in [1.165, 1.54) is 13.0 Å². The predicted molar refractivity (Wildman–Crippen MR) is 73.3 cm³/mol. The van der Waals surface area contributed by atoms with Crippen LogP contribution in [0, 0.1) is 34.2 Å². The summed E-state index contributed by atoms with van der Waals surface area (Å²) >= 11 is 0. The van der Waals surface area contributed by atoms with Gasteiger partial charge in [-0.25, -0.2) is 4.39 Å². The molecule has 0 radical (unpaired) electrons. The number of ether oxygens (including phenoxy) is 1. The molecule has 2 aromatic rings. The van der Waals surface area contributed by atoms with Crippen LogP contribution in [-0.4, -0.2) is 4.92 Å². The molecule has 0 heterocycles. The normalized spacial score (nSPS) is 9.95. The number of benzene rings is 2. The molecule has 0 saturated heterocycles. The average Bonchev–Trinajstić information content (AvgIpc) is 2.48. The van der Waals surface area contributed by atoms with Crippen LogP contribution in [0.1, 0.15) is 16.7 Å². The number of nitrogens with zero attached hydrogens (tertiary/aromatic N) is 2. The summed E-state index contributed by atoms with van der Waals surface area (Å²) in [6, 6.07) is 10.8. The molecule has 21 heavy (non-hydrogen) atoms. The van der Waals surface area contributed by atoms with E-state index in [0.717, 1.165) is 11.6 Å². The fourth-order valence-corrected chi connectivity index (χ4v) is 1.79. The standard InChI is InChI=1S/C15H11FN2O3/c1-10-6-15(13(16)7-14(10)18(19)20)21-9-12-4-2-11(8-17)3-5-12/h2-7H,9H2,1H3. The zero-order valence-electron chi connectivity index (χ0n) is 11.2. The van der Waals surface area contributed by atoms with Crippen LogP contribution in [0.3, 0.4) is 0 Å². The van der Waals surface area contributed by atoms with Crippen molar-refractivity contribution in [2.45, 2.75) is 13.5 Å². The Morgan fingerprint density at radius 3 is 2.57 bits per heavy atom. The van der Waals surface area contributed by atoms with Crippen molar-refractivity contribution in [3.8, 4) is 11.8 Å². The third-order valence-corrected chi connectivity index (χ3v) is 2.92. The highest BCUT2D eigenvalue weighted by molar-refractivity contribution is 5.45. The van der Waals surface area contributed by atoms with Gasteiger partial charge in [0.15, 0.2) is 11.6 Å². The summed E-state index contributed by atoms with van der Waals surface area (Å²) in [6.45, 7) is 1.63. The Bertz CT molecular complexity index is 721. The molecule has 0 saturated carbocycles. The molecule has 0 aliphatic carbocycles. The van der Waals surface area contributed by atoms with Crippen molar-refractivity contribution in [1.29, 1.82) is 5.26 Å². The Kier molecular flexibility index (Phi) is 4.14. The van der Waals surface area contributed by atoms with Gasteiger partial charge in [0, 0.05) is 5.56 Å². The van der Waals surface area contributed by atoms with Gasteiger partial charge in [0.25, 0.3) is 5.69 Å². The van der Waals surface area contributed by atoms with Crippen molar-refractivity contribution in [2.24, 2.45) is 0 Å². The minimum Gasteiger partial charge on any atom is -0.486 e. The SMILES string of the molecule is Cc1cc(OCc2ccc(C#N)cc2)c(F)cc1[N+](=O)[O-]. The topological polar surface area (TPSA) is 76.2 Å². The summed E-state index contributed by atoms with van der Waals surface area (Å²) in [7, 11) is 0. The summed E-state index contributed by atoms with van der Waals surface area (Å²) in [6.07, 6.45) is 0. The molecular formula is C15H11FN2O3. The van der Waals surface area contributed by atoms with E-state index in [1.807, 2.05) is 6.07 Å². The minimum absolute atomic E-state index is 0.0394. The van der Waals surface area contributed by atoms with Crippen molar-refractivity contribution >= 4 is 5.69 Å². The van der Waals surface area contributed by atoms with Crippen LogP contribution in [-0.2, 0) is 6.61 Å². The number of rotatable bonds is 4. The number of nitriles is 1. The summed E-state index contributed by atoms with van der Waals surface area (Å²) < 4.78 is 19.1. The Morgan fingerprint density at radius 1 is 1.33 bits per heavy atom. The number of halogens is 1. The molecule has 0 fully saturated rings. The Labute approximate surface area is 120 Å². The Morgan fingerprint density at radius 2 is 2.00 bits per heavy atom. The van der Waals surface area contributed by atoms with Gasteiger partial charge < -0.3 is 4.74 Å². The maximum absolute atomic E-state index is 13.7. The molecule has 0 atom stereocenters. The number of nitro benzene ring substituents is 1. The molecule has 0 aromatic heterocycles. The zero-order valence-corrected chi connectivity index (χ0v) is 11.2. The lowest BCUT2D eigenvalue weighted by molar-refractivity contribution is -0.385. The molecule has 106 valence electrons. The highest BCUT2D eigenvalue weighted by Gasteiger charge is 2.16. The Balaban J connectivity index is 2.14. The van der Waals surface area contributed by atoms with Gasteiger partial charge in [-0.1, -0.05) is 12.1 Å². The van der Waals surface area contributed by atoms with E-state index in [0.29, 0.717) is 11.1 Å². The minimum atomic E-state index is -0.777. The lowest BCUT2D eigenvalue weighted by Gasteiger charge is -2.08. The second-order valence-corrected chi connectivity index (χ2v) is 4.42. The molecule has 5 nitrogen and oxygen atoms in total. The first-order chi connectivity index (χ1) is 10.0. The van der Waals surface area contributed by atoms with Crippen LogP contribution in [0.5, 0.6) is 5.75 Å². The van der Waals surface area contributed by atoms with Crippen LogP contribution in [0.25, 0.3) is 0 Å². The van der Waals surface area contributed by atoms with Gasteiger partial charge in [0.05, 0.1) is 22.6 Å². The number of hydrogen-bond donors (Lipinski definition) is 0. The van der Waals surface area contributed by atoms with Crippen LogP contribution in [0.2, 0.25) is 0 Å². The zero-order chi connectivity index (χ0) is 15.4. The van der Waals surface area contributed by atoms with Crippen LogP contribution >= 0.6 is 0 Å². The fraction of sp³-hybridized carbons (Fsp3) is 0.133. The van der Waals surface area contributed by atoms with Crippen molar-refractivity contribution in [2.75, 3.05) is 0 Å². The van der Waals surface area contributed by atoms with Crippen molar-refractivity contribution < 1.29 is 14.1 Å². The summed E-state index contributed by atoms with van der Waals surface area (Å²) in [5.74, 6) is -0.816. The molecule has 0 spiro atoms. The maximum atomic E-state index is 13.7. The van der Waals surface area contributed by atoms with E-state index in [9.17, 15) is 14.5 Å². The van der Waals surface area contributed by atoms with Gasteiger partial charge in [0.2, 0.25) is 0 Å². The molecule has 2 rings (SSSR count). The van der Waals surface area contributed by atoms with E-state index in [1.54, 1.807) is 24.3 Å². The molecule has 0 amide bonds. The van der Waals surface area contributed by atoms with Gasteiger partial charge in [-0.2, -0.15) is 5.26 Å². The number of nitro groups is 1. The monoisotopic (exact) mass is 286 g/mol. The third kappa shape index (κ3) is 3.34. The quantitative estimate of drug-likeness (QED) is 0.636. The van der Waals surface area contributed by atoms with E-state index < -0.39 is 10.7 Å². The molecule has 0 unspecified atom stereocenters. The molecule has 2 aromatic carbocycles. The Hall–Kier alpha value is -2.94. The van der Waals surface area contributed by atoms with E-state index in [4.69, 9.17) is 10.00 Å². The first-order valence-corrected chi connectivity index (χ1v) is 6.07. The number of aryl methyl sites for hydroxylation is 1. The second-order valence-electron chi connectivity index (χ2n) is 4.42. The van der Waals surface area contributed by atoms with E-state index >= 15 is 0 Å². The van der Waals surface area contributed by atoms with Crippen molar-refractivity contribution in [1.82, 2.24) is 0 Å². The summed E-state index contributed by atoms with van der Waals surface area (Å²) in [5.41, 5.74) is 1.34.